The minimum Gasteiger partial charge on any atom is -0.357 e. The fraction of sp³-hybridized carbons (Fsp3) is 0.933. The molecule has 0 heterocycles. The molecular formula is C15H35IN4. The van der Waals surface area contributed by atoms with Crippen molar-refractivity contribution >= 4 is 29.9 Å². The maximum atomic E-state index is 4.59. The van der Waals surface area contributed by atoms with Gasteiger partial charge in [0.25, 0.3) is 0 Å². The van der Waals surface area contributed by atoms with Crippen LogP contribution in [0.5, 0.6) is 0 Å². The van der Waals surface area contributed by atoms with Gasteiger partial charge in [0, 0.05) is 31.7 Å². The number of rotatable bonds is 8. The van der Waals surface area contributed by atoms with Gasteiger partial charge in [0.05, 0.1) is 0 Å². The quantitative estimate of drug-likeness (QED) is 0.255. The van der Waals surface area contributed by atoms with Crippen molar-refractivity contribution in [2.45, 2.75) is 59.9 Å². The highest BCUT2D eigenvalue weighted by Crippen LogP contribution is 2.02. The van der Waals surface area contributed by atoms with Crippen molar-refractivity contribution < 1.29 is 0 Å². The lowest BCUT2D eigenvalue weighted by atomic mass is 10.1. The third-order valence-corrected chi connectivity index (χ3v) is 2.63. The molecule has 0 saturated carbocycles. The monoisotopic (exact) mass is 398 g/mol. The van der Waals surface area contributed by atoms with Crippen LogP contribution in [0.3, 0.4) is 0 Å². The van der Waals surface area contributed by atoms with Crippen molar-refractivity contribution in [2.75, 3.05) is 26.2 Å². The molecule has 122 valence electrons. The van der Waals surface area contributed by atoms with E-state index in [1.807, 2.05) is 0 Å². The van der Waals surface area contributed by atoms with Crippen LogP contribution in [0.25, 0.3) is 0 Å². The minimum absolute atomic E-state index is 0. The fourth-order valence-electron chi connectivity index (χ4n) is 1.65. The Bertz CT molecular complexity index is 247. The largest absolute Gasteiger partial charge is 0.357 e. The van der Waals surface area contributed by atoms with Gasteiger partial charge in [0.2, 0.25) is 0 Å². The zero-order chi connectivity index (χ0) is 14.7. The highest BCUT2D eigenvalue weighted by atomic mass is 127. The molecule has 4 nitrogen and oxygen atoms in total. The molecule has 0 atom stereocenters. The maximum Gasteiger partial charge on any atom is 0.191 e. The fourth-order valence-corrected chi connectivity index (χ4v) is 1.65. The van der Waals surface area contributed by atoms with Crippen molar-refractivity contribution in [2.24, 2.45) is 10.9 Å². The molecule has 0 unspecified atom stereocenters. The van der Waals surface area contributed by atoms with E-state index in [1.54, 1.807) is 0 Å². The van der Waals surface area contributed by atoms with Crippen LogP contribution in [0, 0.1) is 5.92 Å². The summed E-state index contributed by atoms with van der Waals surface area (Å²) in [5.74, 6) is 1.70. The molecular weight excluding hydrogens is 363 g/mol. The molecule has 0 aromatic heterocycles. The lowest BCUT2D eigenvalue weighted by molar-refractivity contribution is 0.428. The topological polar surface area (TPSA) is 48.5 Å². The van der Waals surface area contributed by atoms with Gasteiger partial charge in [-0.05, 0) is 46.5 Å². The van der Waals surface area contributed by atoms with Crippen LogP contribution >= 0.6 is 24.0 Å². The average Bonchev–Trinajstić information content (AvgIpc) is 2.28. The Kier molecular flexibility index (Phi) is 14.1. The van der Waals surface area contributed by atoms with Gasteiger partial charge in [0.15, 0.2) is 5.96 Å². The summed E-state index contributed by atoms with van der Waals surface area (Å²) in [4.78, 5) is 4.59. The van der Waals surface area contributed by atoms with Crippen molar-refractivity contribution in [3.05, 3.63) is 0 Å². The van der Waals surface area contributed by atoms with E-state index in [-0.39, 0.29) is 29.5 Å². The summed E-state index contributed by atoms with van der Waals surface area (Å²) in [6.45, 7) is 16.8. The lowest BCUT2D eigenvalue weighted by Gasteiger charge is -2.21. The number of guanidine groups is 1. The van der Waals surface area contributed by atoms with Crippen LogP contribution in [0.2, 0.25) is 0 Å². The Hall–Kier alpha value is -0.0400. The summed E-state index contributed by atoms with van der Waals surface area (Å²) in [7, 11) is 0. The number of aliphatic imine (C=N–C) groups is 1. The van der Waals surface area contributed by atoms with Gasteiger partial charge in [-0.3, -0.25) is 4.99 Å². The molecule has 0 aromatic carbocycles. The van der Waals surface area contributed by atoms with Gasteiger partial charge >= 0.3 is 0 Å². The smallest absolute Gasteiger partial charge is 0.191 e. The second-order valence-corrected chi connectivity index (χ2v) is 6.40. The van der Waals surface area contributed by atoms with Gasteiger partial charge in [-0.2, -0.15) is 0 Å². The van der Waals surface area contributed by atoms with Crippen molar-refractivity contribution in [1.82, 2.24) is 16.0 Å². The second-order valence-electron chi connectivity index (χ2n) is 6.40. The Morgan fingerprint density at radius 2 is 1.75 bits per heavy atom. The molecule has 0 aliphatic carbocycles. The lowest BCUT2D eigenvalue weighted by Crippen LogP contribution is -2.44. The molecule has 0 aliphatic heterocycles. The van der Waals surface area contributed by atoms with E-state index in [4.69, 9.17) is 0 Å². The number of nitrogens with one attached hydrogen (secondary N) is 3. The Labute approximate surface area is 143 Å². The van der Waals surface area contributed by atoms with Crippen molar-refractivity contribution in [3.8, 4) is 0 Å². The van der Waals surface area contributed by atoms with E-state index in [0.717, 1.165) is 44.5 Å². The second kappa shape index (κ2) is 12.7. The van der Waals surface area contributed by atoms with Gasteiger partial charge in [-0.25, -0.2) is 0 Å². The zero-order valence-corrected chi connectivity index (χ0v) is 16.5. The number of halogens is 1. The molecule has 3 N–H and O–H groups in total. The summed E-state index contributed by atoms with van der Waals surface area (Å²) in [5.41, 5.74) is 0.175. The third kappa shape index (κ3) is 16.0. The van der Waals surface area contributed by atoms with Crippen LogP contribution in [-0.4, -0.2) is 37.7 Å². The molecule has 0 radical (unpaired) electrons. The predicted octanol–water partition coefficient (Wildman–Crippen LogP) is 2.98. The van der Waals surface area contributed by atoms with E-state index in [2.05, 4.69) is 62.5 Å². The molecule has 0 aromatic rings. The maximum absolute atomic E-state index is 4.59. The van der Waals surface area contributed by atoms with Gasteiger partial charge in [-0.1, -0.05) is 13.8 Å². The highest BCUT2D eigenvalue weighted by Gasteiger charge is 2.07. The Morgan fingerprint density at radius 1 is 1.10 bits per heavy atom. The normalized spacial score (nSPS) is 12.2. The van der Waals surface area contributed by atoms with Crippen LogP contribution < -0.4 is 16.0 Å². The van der Waals surface area contributed by atoms with Crippen molar-refractivity contribution in [3.63, 3.8) is 0 Å². The first-order valence-electron chi connectivity index (χ1n) is 7.62. The first-order valence-corrected chi connectivity index (χ1v) is 7.62. The molecule has 0 spiro atoms. The van der Waals surface area contributed by atoms with Crippen LogP contribution in [-0.2, 0) is 0 Å². The molecule has 20 heavy (non-hydrogen) atoms. The first kappa shape index (κ1) is 22.2. The van der Waals surface area contributed by atoms with Gasteiger partial charge in [-0.15, -0.1) is 24.0 Å². The standard InChI is InChI=1S/C15H34N4.HI/c1-7-16-14(17-10-8-9-13(2)3)18-11-12-19-15(4,5)6;/h13,19H,7-12H2,1-6H3,(H2,16,17,18);1H. The molecule has 5 heteroatoms. The molecule has 0 bridgehead atoms. The summed E-state index contributed by atoms with van der Waals surface area (Å²) in [6.07, 6.45) is 2.41. The van der Waals surface area contributed by atoms with Crippen molar-refractivity contribution in [1.29, 1.82) is 0 Å². The molecule has 0 aliphatic rings. The average molecular weight is 398 g/mol. The van der Waals surface area contributed by atoms with E-state index in [0.29, 0.717) is 0 Å². The number of nitrogens with zero attached hydrogens (tertiary/aromatic N) is 1. The number of hydrogen-bond donors (Lipinski definition) is 3. The molecule has 0 fully saturated rings. The predicted molar refractivity (Wildman–Crippen MR) is 101 cm³/mol. The minimum atomic E-state index is 0. The summed E-state index contributed by atoms with van der Waals surface area (Å²) >= 11 is 0. The Balaban J connectivity index is 0. The highest BCUT2D eigenvalue weighted by molar-refractivity contribution is 14.0. The van der Waals surface area contributed by atoms with Crippen LogP contribution in [0.15, 0.2) is 4.99 Å². The summed E-state index contributed by atoms with van der Waals surface area (Å²) in [5, 5.41) is 10.1. The zero-order valence-electron chi connectivity index (χ0n) is 14.2. The SMILES string of the molecule is CCNC(=NCCCC(C)C)NCCNC(C)(C)C.I. The first-order chi connectivity index (χ1) is 8.85. The third-order valence-electron chi connectivity index (χ3n) is 2.63. The molecule has 0 amide bonds. The summed E-state index contributed by atoms with van der Waals surface area (Å²) < 4.78 is 0. The van der Waals surface area contributed by atoms with E-state index < -0.39 is 0 Å². The van der Waals surface area contributed by atoms with Crippen LogP contribution in [0.1, 0.15) is 54.4 Å². The molecule has 0 rings (SSSR count). The number of hydrogen-bond acceptors (Lipinski definition) is 2. The molecule has 0 saturated heterocycles. The van der Waals surface area contributed by atoms with Gasteiger partial charge in [0.1, 0.15) is 0 Å². The van der Waals surface area contributed by atoms with E-state index >= 15 is 0 Å². The van der Waals surface area contributed by atoms with E-state index in [9.17, 15) is 0 Å². The Morgan fingerprint density at radius 3 is 2.25 bits per heavy atom. The van der Waals surface area contributed by atoms with E-state index in [1.165, 1.54) is 6.42 Å². The summed E-state index contributed by atoms with van der Waals surface area (Å²) in [6, 6.07) is 0. The van der Waals surface area contributed by atoms with Gasteiger partial charge < -0.3 is 16.0 Å². The van der Waals surface area contributed by atoms with Crippen LogP contribution in [0.4, 0.5) is 0 Å².